The molecule has 0 amide bonds. The van der Waals surface area contributed by atoms with Gasteiger partial charge in [-0.1, -0.05) is 33.3 Å². The fourth-order valence-electron chi connectivity index (χ4n) is 7.21. The average Bonchev–Trinajstić information content (AvgIpc) is 2.96. The van der Waals surface area contributed by atoms with Crippen molar-refractivity contribution in [1.29, 1.82) is 0 Å². The van der Waals surface area contributed by atoms with Crippen LogP contribution in [0.3, 0.4) is 0 Å². The average molecular weight is 357 g/mol. The lowest BCUT2D eigenvalue weighted by Crippen LogP contribution is -2.72. The third-order valence-corrected chi connectivity index (χ3v) is 8.41. The zero-order chi connectivity index (χ0) is 18.4. The van der Waals surface area contributed by atoms with E-state index in [0.29, 0.717) is 17.9 Å². The van der Waals surface area contributed by atoms with Gasteiger partial charge >= 0.3 is 0 Å². The first-order valence-corrected chi connectivity index (χ1v) is 10.1. The fourth-order valence-corrected chi connectivity index (χ4v) is 7.21. The van der Waals surface area contributed by atoms with Gasteiger partial charge in [0.05, 0.1) is 13.2 Å². The second-order valence-corrected chi connectivity index (χ2v) is 9.52. The van der Waals surface area contributed by atoms with E-state index in [0.717, 1.165) is 37.3 Å². The summed E-state index contributed by atoms with van der Waals surface area (Å²) in [6, 6.07) is 4.81. The number of aliphatic hydroxyl groups excluding tert-OH is 1. The number of hydrogen-bond acceptors (Lipinski definition) is 4. The van der Waals surface area contributed by atoms with Gasteiger partial charge in [-0.2, -0.15) is 0 Å². The summed E-state index contributed by atoms with van der Waals surface area (Å²) in [6.07, 6.45) is 2.62. The van der Waals surface area contributed by atoms with Crippen molar-refractivity contribution in [2.45, 2.75) is 63.7 Å². The summed E-state index contributed by atoms with van der Waals surface area (Å²) in [5.41, 5.74) is 2.54. The molecule has 0 radical (unpaired) electrons. The molecule has 142 valence electrons. The Hall–Kier alpha value is -1.26. The first-order valence-electron chi connectivity index (χ1n) is 10.1. The van der Waals surface area contributed by atoms with Crippen LogP contribution in [0.15, 0.2) is 12.1 Å². The van der Waals surface area contributed by atoms with Crippen molar-refractivity contribution in [3.8, 4) is 11.5 Å². The molecule has 2 bridgehead atoms. The van der Waals surface area contributed by atoms with Crippen LogP contribution in [0.2, 0.25) is 0 Å². The normalized spacial score (nSPS) is 42.2. The summed E-state index contributed by atoms with van der Waals surface area (Å²) in [4.78, 5) is 2.56. The molecule has 1 aromatic carbocycles. The molecule has 2 aliphatic heterocycles. The highest BCUT2D eigenvalue weighted by Crippen LogP contribution is 2.68. The molecule has 4 heteroatoms. The monoisotopic (exact) mass is 357 g/mol. The summed E-state index contributed by atoms with van der Waals surface area (Å²) in [6.45, 7) is 7.85. The van der Waals surface area contributed by atoms with Crippen molar-refractivity contribution < 1.29 is 14.6 Å². The lowest BCUT2D eigenvalue weighted by molar-refractivity contribution is -0.188. The van der Waals surface area contributed by atoms with E-state index in [2.05, 4.69) is 38.8 Å². The van der Waals surface area contributed by atoms with Crippen LogP contribution >= 0.6 is 0 Å². The largest absolute Gasteiger partial charge is 0.493 e. The Balaban J connectivity index is 1.82. The lowest BCUT2D eigenvalue weighted by Gasteiger charge is -2.65. The van der Waals surface area contributed by atoms with E-state index in [1.54, 1.807) is 7.11 Å². The van der Waals surface area contributed by atoms with E-state index >= 15 is 0 Å². The van der Waals surface area contributed by atoms with Gasteiger partial charge in [0.25, 0.3) is 0 Å². The smallest absolute Gasteiger partial charge is 0.165 e. The highest BCUT2D eigenvalue weighted by atomic mass is 16.5. The van der Waals surface area contributed by atoms with E-state index in [-0.39, 0.29) is 16.9 Å². The van der Waals surface area contributed by atoms with Crippen LogP contribution in [0.4, 0.5) is 0 Å². The van der Waals surface area contributed by atoms with Gasteiger partial charge in [-0.25, -0.2) is 0 Å². The molecule has 4 aliphatic rings. The topological polar surface area (TPSA) is 41.9 Å². The molecule has 1 N–H and O–H groups in total. The Labute approximate surface area is 156 Å². The van der Waals surface area contributed by atoms with Crippen molar-refractivity contribution in [1.82, 2.24) is 4.90 Å². The maximum Gasteiger partial charge on any atom is 0.165 e. The summed E-state index contributed by atoms with van der Waals surface area (Å²) in [5.74, 6) is 2.74. The minimum absolute atomic E-state index is 0.0652. The molecular formula is C22H31NO3. The van der Waals surface area contributed by atoms with Crippen molar-refractivity contribution >= 4 is 0 Å². The number of ether oxygens (including phenoxy) is 2. The van der Waals surface area contributed by atoms with E-state index in [9.17, 15) is 5.11 Å². The van der Waals surface area contributed by atoms with Gasteiger partial charge in [0.1, 0.15) is 6.10 Å². The maximum absolute atomic E-state index is 11.5. The molecule has 26 heavy (non-hydrogen) atoms. The molecule has 1 saturated heterocycles. The molecule has 1 saturated carbocycles. The van der Waals surface area contributed by atoms with E-state index in [1.807, 2.05) is 6.07 Å². The molecule has 0 aromatic heterocycles. The van der Waals surface area contributed by atoms with Crippen LogP contribution in [-0.2, 0) is 11.8 Å². The quantitative estimate of drug-likeness (QED) is 0.884. The molecule has 0 unspecified atom stereocenters. The lowest BCUT2D eigenvalue weighted by atomic mass is 9.43. The number of aliphatic hydroxyl groups is 1. The number of likely N-dealkylation sites (tertiary alicyclic amines) is 1. The minimum Gasteiger partial charge on any atom is -0.493 e. The molecule has 1 spiro atoms. The van der Waals surface area contributed by atoms with Crippen molar-refractivity contribution in [2.75, 3.05) is 20.7 Å². The van der Waals surface area contributed by atoms with Crippen molar-refractivity contribution in [2.24, 2.45) is 17.3 Å². The molecular weight excluding hydrogens is 326 g/mol. The number of hydrogen-bond donors (Lipinski definition) is 1. The first-order chi connectivity index (χ1) is 12.4. The summed E-state index contributed by atoms with van der Waals surface area (Å²) in [5, 5.41) is 11.5. The first kappa shape index (κ1) is 16.9. The third-order valence-electron chi connectivity index (χ3n) is 8.41. The fraction of sp³-hybridized carbons (Fsp3) is 0.727. The number of rotatable bonds is 2. The highest BCUT2D eigenvalue weighted by Gasteiger charge is 2.71. The van der Waals surface area contributed by atoms with Gasteiger partial charge in [0.2, 0.25) is 0 Å². The molecule has 6 atom stereocenters. The Kier molecular flexibility index (Phi) is 3.36. The highest BCUT2D eigenvalue weighted by molar-refractivity contribution is 5.61. The third kappa shape index (κ3) is 1.69. The van der Waals surface area contributed by atoms with Gasteiger partial charge in [0.15, 0.2) is 11.5 Å². The Morgan fingerprint density at radius 1 is 1.35 bits per heavy atom. The molecule has 2 aliphatic carbocycles. The van der Waals surface area contributed by atoms with Crippen LogP contribution in [0.25, 0.3) is 0 Å². The van der Waals surface area contributed by atoms with Gasteiger partial charge in [-0.15, -0.1) is 0 Å². The van der Waals surface area contributed by atoms with E-state index < -0.39 is 6.10 Å². The second kappa shape index (κ2) is 5.17. The van der Waals surface area contributed by atoms with Gasteiger partial charge in [-0.3, -0.25) is 0 Å². The standard InChI is InChI=1S/C22H31NO3/c1-6-13-17-14-11-12-7-8-15(25-5)18-16(12)22(17,9-10-23(14)4)20(26-18)19(24)21(13,2)3/h7-8,13-14,17,19-20,24H,6,9-11H2,1-5H3/t13-,14-,17+,19+,20+,22-/m1/s1. The summed E-state index contributed by atoms with van der Waals surface area (Å²) >= 11 is 0. The Bertz CT molecular complexity index is 760. The minimum atomic E-state index is -0.462. The van der Waals surface area contributed by atoms with Crippen LogP contribution in [-0.4, -0.2) is 49.0 Å². The van der Waals surface area contributed by atoms with E-state index in [1.165, 1.54) is 11.1 Å². The van der Waals surface area contributed by atoms with Gasteiger partial charge in [0, 0.05) is 17.0 Å². The zero-order valence-corrected chi connectivity index (χ0v) is 16.6. The van der Waals surface area contributed by atoms with Crippen LogP contribution in [0, 0.1) is 17.3 Å². The number of methoxy groups -OCH3 is 1. The number of likely N-dealkylation sites (N-methyl/N-ethyl adjacent to an activating group) is 1. The molecule has 2 heterocycles. The molecule has 4 nitrogen and oxygen atoms in total. The Morgan fingerprint density at radius 2 is 2.12 bits per heavy atom. The molecule has 5 rings (SSSR count). The molecule has 1 aromatic rings. The predicted molar refractivity (Wildman–Crippen MR) is 101 cm³/mol. The van der Waals surface area contributed by atoms with Crippen molar-refractivity contribution in [3.05, 3.63) is 23.3 Å². The van der Waals surface area contributed by atoms with Crippen molar-refractivity contribution in [3.63, 3.8) is 0 Å². The van der Waals surface area contributed by atoms with Crippen LogP contribution in [0.1, 0.15) is 44.7 Å². The summed E-state index contributed by atoms with van der Waals surface area (Å²) in [7, 11) is 4.00. The van der Waals surface area contributed by atoms with Crippen LogP contribution in [0.5, 0.6) is 11.5 Å². The number of benzene rings is 1. The zero-order valence-electron chi connectivity index (χ0n) is 16.6. The van der Waals surface area contributed by atoms with E-state index in [4.69, 9.17) is 9.47 Å². The maximum atomic E-state index is 11.5. The summed E-state index contributed by atoms with van der Waals surface area (Å²) < 4.78 is 12.2. The molecule has 2 fully saturated rings. The number of piperidine rings is 1. The predicted octanol–water partition coefficient (Wildman–Crippen LogP) is 3.00. The van der Waals surface area contributed by atoms with Gasteiger partial charge < -0.3 is 19.5 Å². The SMILES string of the molecule is CC[C@@H]1[C@H]2[C@H]3Cc4ccc(OC)c5c4[C@@]2(CCN3C)[C@@H](O5)[C@H](O)C1(C)C. The number of nitrogens with zero attached hydrogens (tertiary/aromatic N) is 1. The van der Waals surface area contributed by atoms with Crippen LogP contribution < -0.4 is 9.47 Å². The second-order valence-electron chi connectivity index (χ2n) is 9.52. The van der Waals surface area contributed by atoms with Gasteiger partial charge in [-0.05, 0) is 55.3 Å². The Morgan fingerprint density at radius 3 is 2.81 bits per heavy atom.